The number of rotatable bonds is 3. The van der Waals surface area contributed by atoms with Crippen molar-refractivity contribution in [3.8, 4) is 12.3 Å². The molecule has 92 valence electrons. The zero-order chi connectivity index (χ0) is 13.2. The first kappa shape index (κ1) is 12.9. The van der Waals surface area contributed by atoms with E-state index < -0.39 is 11.2 Å². The maximum absolute atomic E-state index is 11.6. The highest BCUT2D eigenvalue weighted by molar-refractivity contribution is 5.61. The third-order valence-electron chi connectivity index (χ3n) is 2.52. The van der Waals surface area contributed by atoms with Crippen LogP contribution in [0, 0.1) is 18.3 Å². The Morgan fingerprint density at radius 2 is 2.06 bits per heavy atom. The first-order valence-corrected chi connectivity index (χ1v) is 5.20. The molecular formula is C11H16N4O2. The minimum absolute atomic E-state index is 0.0691. The normalized spacial score (nSPS) is 12.2. The van der Waals surface area contributed by atoms with E-state index in [1.807, 2.05) is 13.8 Å². The van der Waals surface area contributed by atoms with Crippen molar-refractivity contribution in [2.24, 2.45) is 13.0 Å². The molecule has 1 aromatic rings. The number of H-pyrrole nitrogens is 1. The summed E-state index contributed by atoms with van der Waals surface area (Å²) in [5.41, 5.74) is 4.71. The molecule has 0 saturated heterocycles. The van der Waals surface area contributed by atoms with E-state index in [9.17, 15) is 9.59 Å². The van der Waals surface area contributed by atoms with Crippen LogP contribution < -0.4 is 22.3 Å². The summed E-state index contributed by atoms with van der Waals surface area (Å²) in [6.07, 6.45) is 5.36. The number of aromatic amines is 1. The Hall–Kier alpha value is -2.16. The van der Waals surface area contributed by atoms with Gasteiger partial charge in [-0.15, -0.1) is 6.42 Å². The van der Waals surface area contributed by atoms with Gasteiger partial charge >= 0.3 is 5.69 Å². The molecule has 0 spiro atoms. The molecule has 0 aliphatic heterocycles. The van der Waals surface area contributed by atoms with Gasteiger partial charge < -0.3 is 11.1 Å². The van der Waals surface area contributed by atoms with Gasteiger partial charge in [0.2, 0.25) is 0 Å². The summed E-state index contributed by atoms with van der Waals surface area (Å²) in [7, 11) is 1.47. The van der Waals surface area contributed by atoms with E-state index in [1.54, 1.807) is 0 Å². The Morgan fingerprint density at radius 1 is 1.47 bits per heavy atom. The average molecular weight is 236 g/mol. The first-order chi connectivity index (χ1) is 7.88. The van der Waals surface area contributed by atoms with Crippen molar-refractivity contribution in [3.63, 3.8) is 0 Å². The van der Waals surface area contributed by atoms with Gasteiger partial charge in [-0.1, -0.05) is 19.8 Å². The number of hydrogen-bond acceptors (Lipinski definition) is 4. The molecule has 0 aromatic carbocycles. The summed E-state index contributed by atoms with van der Waals surface area (Å²) < 4.78 is 1.15. The largest absolute Gasteiger partial charge is 0.383 e. The van der Waals surface area contributed by atoms with Gasteiger partial charge in [-0.05, 0) is 5.92 Å². The van der Waals surface area contributed by atoms with Crippen molar-refractivity contribution in [1.82, 2.24) is 9.55 Å². The van der Waals surface area contributed by atoms with Gasteiger partial charge in [-0.3, -0.25) is 14.3 Å². The van der Waals surface area contributed by atoms with Crippen LogP contribution in [0.2, 0.25) is 0 Å². The number of aromatic nitrogens is 2. The van der Waals surface area contributed by atoms with E-state index in [-0.39, 0.29) is 23.5 Å². The first-order valence-electron chi connectivity index (χ1n) is 5.20. The van der Waals surface area contributed by atoms with Crippen molar-refractivity contribution in [2.75, 3.05) is 11.1 Å². The summed E-state index contributed by atoms with van der Waals surface area (Å²) in [5.74, 6) is 2.74. The monoisotopic (exact) mass is 236 g/mol. The van der Waals surface area contributed by atoms with Gasteiger partial charge in [0.25, 0.3) is 5.56 Å². The lowest BCUT2D eigenvalue weighted by molar-refractivity contribution is 0.612. The Kier molecular flexibility index (Phi) is 3.63. The highest BCUT2D eigenvalue weighted by Crippen LogP contribution is 2.13. The molecule has 17 heavy (non-hydrogen) atoms. The topological polar surface area (TPSA) is 92.9 Å². The van der Waals surface area contributed by atoms with Crippen molar-refractivity contribution in [3.05, 3.63) is 20.8 Å². The quantitative estimate of drug-likeness (QED) is 0.630. The molecule has 0 aliphatic carbocycles. The van der Waals surface area contributed by atoms with Crippen molar-refractivity contribution in [1.29, 1.82) is 0 Å². The molecule has 6 heteroatoms. The summed E-state index contributed by atoms with van der Waals surface area (Å²) >= 11 is 0. The molecule has 0 amide bonds. The zero-order valence-electron chi connectivity index (χ0n) is 10.1. The standard InChI is InChI=1S/C11H16N4O2/c1-5-7(6(2)3)13-8-9(12)15(4)11(17)14-10(8)16/h1,6-7,13H,12H2,2-4H3,(H,14,16,17). The molecule has 0 bridgehead atoms. The van der Waals surface area contributed by atoms with E-state index in [0.717, 1.165) is 4.57 Å². The number of nitrogens with one attached hydrogen (secondary N) is 2. The van der Waals surface area contributed by atoms with E-state index >= 15 is 0 Å². The van der Waals surface area contributed by atoms with Gasteiger partial charge in [0.05, 0.1) is 6.04 Å². The third-order valence-corrected chi connectivity index (χ3v) is 2.52. The fraction of sp³-hybridized carbons (Fsp3) is 0.455. The predicted octanol–water partition coefficient (Wildman–Crippen LogP) is -0.275. The van der Waals surface area contributed by atoms with Crippen LogP contribution in [-0.4, -0.2) is 15.6 Å². The molecule has 4 N–H and O–H groups in total. The minimum atomic E-state index is -0.563. The molecule has 0 radical (unpaired) electrons. The molecule has 1 aromatic heterocycles. The zero-order valence-corrected chi connectivity index (χ0v) is 10.1. The Labute approximate surface area is 98.8 Å². The molecule has 1 rings (SSSR count). The Balaban J connectivity index is 3.26. The van der Waals surface area contributed by atoms with Gasteiger partial charge in [0.1, 0.15) is 11.5 Å². The molecule has 1 heterocycles. The Morgan fingerprint density at radius 3 is 2.53 bits per heavy atom. The van der Waals surface area contributed by atoms with Gasteiger partial charge in [0.15, 0.2) is 0 Å². The minimum Gasteiger partial charge on any atom is -0.383 e. The lowest BCUT2D eigenvalue weighted by atomic mass is 10.1. The fourth-order valence-electron chi connectivity index (χ4n) is 1.33. The lowest BCUT2D eigenvalue weighted by Crippen LogP contribution is -2.35. The third kappa shape index (κ3) is 2.50. The lowest BCUT2D eigenvalue weighted by Gasteiger charge is -2.18. The summed E-state index contributed by atoms with van der Waals surface area (Å²) in [5, 5.41) is 2.87. The SMILES string of the molecule is C#CC(Nc1c(N)n(C)c(=O)[nH]c1=O)C(C)C. The van der Waals surface area contributed by atoms with Crippen molar-refractivity contribution < 1.29 is 0 Å². The van der Waals surface area contributed by atoms with Crippen molar-refractivity contribution in [2.45, 2.75) is 19.9 Å². The van der Waals surface area contributed by atoms with Crippen LogP contribution in [0.15, 0.2) is 9.59 Å². The number of nitrogen functional groups attached to an aromatic ring is 1. The van der Waals surface area contributed by atoms with Crippen LogP contribution in [0.3, 0.4) is 0 Å². The second-order valence-corrected chi connectivity index (χ2v) is 4.11. The number of nitrogens with two attached hydrogens (primary N) is 1. The van der Waals surface area contributed by atoms with E-state index in [2.05, 4.69) is 16.2 Å². The molecule has 1 unspecified atom stereocenters. The maximum atomic E-state index is 11.6. The molecule has 1 atom stereocenters. The number of nitrogens with zero attached hydrogens (tertiary/aromatic N) is 1. The number of hydrogen-bond donors (Lipinski definition) is 3. The fourth-order valence-corrected chi connectivity index (χ4v) is 1.33. The van der Waals surface area contributed by atoms with Crippen molar-refractivity contribution >= 4 is 11.5 Å². The second kappa shape index (κ2) is 4.78. The molecule has 6 nitrogen and oxygen atoms in total. The van der Waals surface area contributed by atoms with Crippen LogP contribution in [0.5, 0.6) is 0 Å². The van der Waals surface area contributed by atoms with Crippen LogP contribution in [-0.2, 0) is 7.05 Å². The highest BCUT2D eigenvalue weighted by atomic mass is 16.2. The average Bonchev–Trinajstić information content (AvgIpc) is 2.26. The van der Waals surface area contributed by atoms with Gasteiger partial charge in [0, 0.05) is 7.05 Å². The van der Waals surface area contributed by atoms with Gasteiger partial charge in [-0.25, -0.2) is 4.79 Å². The second-order valence-electron chi connectivity index (χ2n) is 4.11. The molecule has 0 aliphatic rings. The van der Waals surface area contributed by atoms with Gasteiger partial charge in [-0.2, -0.15) is 0 Å². The number of anilines is 2. The highest BCUT2D eigenvalue weighted by Gasteiger charge is 2.15. The van der Waals surface area contributed by atoms with Crippen LogP contribution in [0.25, 0.3) is 0 Å². The van der Waals surface area contributed by atoms with E-state index in [0.29, 0.717) is 0 Å². The number of terminal acetylenes is 1. The Bertz CT molecular complexity index is 562. The maximum Gasteiger partial charge on any atom is 0.329 e. The molecule has 0 saturated carbocycles. The van der Waals surface area contributed by atoms with E-state index in [4.69, 9.17) is 12.2 Å². The smallest absolute Gasteiger partial charge is 0.329 e. The molecule has 0 fully saturated rings. The molecular weight excluding hydrogens is 220 g/mol. The van der Waals surface area contributed by atoms with Crippen LogP contribution in [0.4, 0.5) is 11.5 Å². The van der Waals surface area contributed by atoms with Crippen LogP contribution in [0.1, 0.15) is 13.8 Å². The summed E-state index contributed by atoms with van der Waals surface area (Å²) in [4.78, 5) is 25.0. The van der Waals surface area contributed by atoms with Crippen LogP contribution >= 0.6 is 0 Å². The summed E-state index contributed by atoms with van der Waals surface area (Å²) in [6, 6.07) is -0.323. The summed E-state index contributed by atoms with van der Waals surface area (Å²) in [6.45, 7) is 3.84. The predicted molar refractivity (Wildman–Crippen MR) is 67.8 cm³/mol. The van der Waals surface area contributed by atoms with E-state index in [1.165, 1.54) is 7.05 Å².